The molecule has 1 aliphatic rings. The molecule has 1 saturated heterocycles. The molecule has 1 atom stereocenters. The normalized spacial score (nSPS) is 18.3. The van der Waals surface area contributed by atoms with Crippen molar-refractivity contribution in [1.29, 1.82) is 0 Å². The van der Waals surface area contributed by atoms with E-state index in [4.69, 9.17) is 4.74 Å². The van der Waals surface area contributed by atoms with E-state index in [2.05, 4.69) is 20.9 Å². The van der Waals surface area contributed by atoms with E-state index in [1.807, 2.05) is 0 Å². The van der Waals surface area contributed by atoms with Gasteiger partial charge in [0.25, 0.3) is 5.78 Å². The highest BCUT2D eigenvalue weighted by Crippen LogP contribution is 2.43. The van der Waals surface area contributed by atoms with E-state index in [0.29, 0.717) is 22.0 Å². The number of nitrogens with zero attached hydrogens (tertiary/aromatic N) is 2. The second-order valence-electron chi connectivity index (χ2n) is 6.26. The fourth-order valence-electron chi connectivity index (χ4n) is 3.23. The Balaban J connectivity index is 1.91. The highest BCUT2D eigenvalue weighted by atomic mass is 79.9. The monoisotopic (exact) mass is 470 g/mol. The van der Waals surface area contributed by atoms with Gasteiger partial charge < -0.3 is 9.84 Å². The molecule has 4 rings (SSSR count). The number of hydrogen-bond donors (Lipinski definition) is 1. The standard InChI is InChI=1S/C21H15BrN2O4S/c1-28-15-8-4-12(5-9-15)17-16(18(25)13-2-6-14(22)7-3-13)19(26)20(27)24(17)21-23-10-11-29-21/h2-11,17,25H,1H3/b18-16+. The maximum atomic E-state index is 12.9. The molecule has 0 aliphatic carbocycles. The van der Waals surface area contributed by atoms with E-state index in [9.17, 15) is 14.7 Å². The molecule has 0 radical (unpaired) electrons. The lowest BCUT2D eigenvalue weighted by Crippen LogP contribution is -2.29. The van der Waals surface area contributed by atoms with Crippen LogP contribution in [-0.4, -0.2) is 28.9 Å². The number of aromatic nitrogens is 1. The zero-order valence-corrected chi connectivity index (χ0v) is 17.6. The number of Topliss-reactive ketones (excluding diaryl/α,β-unsaturated/α-hetero) is 1. The van der Waals surface area contributed by atoms with Crippen LogP contribution in [0.5, 0.6) is 5.75 Å². The zero-order chi connectivity index (χ0) is 20.5. The molecule has 1 unspecified atom stereocenters. The van der Waals surface area contributed by atoms with Crippen molar-refractivity contribution >= 4 is 49.8 Å². The smallest absolute Gasteiger partial charge is 0.301 e. The molecule has 146 valence electrons. The summed E-state index contributed by atoms with van der Waals surface area (Å²) < 4.78 is 6.04. The molecule has 2 aromatic carbocycles. The molecule has 1 amide bonds. The summed E-state index contributed by atoms with van der Waals surface area (Å²) in [6.07, 6.45) is 1.57. The number of ketones is 1. The number of anilines is 1. The Bertz CT molecular complexity index is 1090. The van der Waals surface area contributed by atoms with Crippen LogP contribution in [0, 0.1) is 0 Å². The van der Waals surface area contributed by atoms with Crippen molar-refractivity contribution in [2.24, 2.45) is 0 Å². The molecule has 29 heavy (non-hydrogen) atoms. The summed E-state index contributed by atoms with van der Waals surface area (Å²) in [6, 6.07) is 13.1. The van der Waals surface area contributed by atoms with Crippen LogP contribution in [0.15, 0.2) is 70.2 Å². The van der Waals surface area contributed by atoms with Crippen molar-refractivity contribution in [3.05, 3.63) is 81.3 Å². The van der Waals surface area contributed by atoms with Gasteiger partial charge in [0.15, 0.2) is 5.13 Å². The van der Waals surface area contributed by atoms with Crippen LogP contribution in [0.4, 0.5) is 5.13 Å². The first-order valence-electron chi connectivity index (χ1n) is 8.61. The number of halogens is 1. The number of carbonyl (C=O) groups is 2. The molecule has 3 aromatic rings. The second kappa shape index (κ2) is 7.81. The highest BCUT2D eigenvalue weighted by Gasteiger charge is 2.47. The van der Waals surface area contributed by atoms with E-state index in [-0.39, 0.29) is 11.3 Å². The molecule has 1 N–H and O–H groups in total. The Labute approximate surface area is 179 Å². The summed E-state index contributed by atoms with van der Waals surface area (Å²) in [5.74, 6) is -1.05. The number of aliphatic hydroxyl groups excluding tert-OH is 1. The maximum absolute atomic E-state index is 12.9. The van der Waals surface area contributed by atoms with Crippen LogP contribution in [-0.2, 0) is 9.59 Å². The highest BCUT2D eigenvalue weighted by molar-refractivity contribution is 9.10. The minimum Gasteiger partial charge on any atom is -0.507 e. The van der Waals surface area contributed by atoms with Gasteiger partial charge in [-0.2, -0.15) is 0 Å². The van der Waals surface area contributed by atoms with E-state index in [1.54, 1.807) is 67.2 Å². The third kappa shape index (κ3) is 3.45. The predicted octanol–water partition coefficient (Wildman–Crippen LogP) is 4.54. The van der Waals surface area contributed by atoms with Crippen molar-refractivity contribution in [2.75, 3.05) is 12.0 Å². The SMILES string of the molecule is COc1ccc(C2/C(=C(\O)c3ccc(Br)cc3)C(=O)C(=O)N2c2nccs2)cc1. The van der Waals surface area contributed by atoms with Crippen molar-refractivity contribution in [3.63, 3.8) is 0 Å². The van der Waals surface area contributed by atoms with Gasteiger partial charge in [0, 0.05) is 21.6 Å². The number of hydrogen-bond acceptors (Lipinski definition) is 6. The Morgan fingerprint density at radius 2 is 1.83 bits per heavy atom. The quantitative estimate of drug-likeness (QED) is 0.344. The zero-order valence-electron chi connectivity index (χ0n) is 15.2. The summed E-state index contributed by atoms with van der Waals surface area (Å²) in [6.45, 7) is 0. The Kier molecular flexibility index (Phi) is 5.21. The van der Waals surface area contributed by atoms with Crippen LogP contribution in [0.1, 0.15) is 17.2 Å². The second-order valence-corrected chi connectivity index (χ2v) is 8.05. The van der Waals surface area contributed by atoms with Gasteiger partial charge in [-0.15, -0.1) is 11.3 Å². The summed E-state index contributed by atoms with van der Waals surface area (Å²) in [5.41, 5.74) is 1.14. The van der Waals surface area contributed by atoms with E-state index >= 15 is 0 Å². The van der Waals surface area contributed by atoms with Gasteiger partial charge in [0.2, 0.25) is 0 Å². The summed E-state index contributed by atoms with van der Waals surface area (Å²) in [4.78, 5) is 31.3. The number of thiazole rings is 1. The van der Waals surface area contributed by atoms with Gasteiger partial charge in [-0.1, -0.05) is 40.2 Å². The van der Waals surface area contributed by atoms with Gasteiger partial charge in [-0.05, 0) is 29.8 Å². The van der Waals surface area contributed by atoms with Gasteiger partial charge in [-0.25, -0.2) is 4.98 Å². The van der Waals surface area contributed by atoms with Crippen LogP contribution in [0.3, 0.4) is 0 Å². The fourth-order valence-corrected chi connectivity index (χ4v) is 4.16. The molecule has 1 aliphatic heterocycles. The first-order valence-corrected chi connectivity index (χ1v) is 10.3. The minimum absolute atomic E-state index is 0.0256. The van der Waals surface area contributed by atoms with Gasteiger partial charge in [-0.3, -0.25) is 14.5 Å². The fraction of sp³-hybridized carbons (Fsp3) is 0.0952. The minimum atomic E-state index is -0.796. The van der Waals surface area contributed by atoms with Gasteiger partial charge >= 0.3 is 5.91 Å². The number of methoxy groups -OCH3 is 1. The summed E-state index contributed by atoms with van der Waals surface area (Å²) >= 11 is 4.60. The molecule has 1 aromatic heterocycles. The van der Waals surface area contributed by atoms with Gasteiger partial charge in [0.05, 0.1) is 18.7 Å². The summed E-state index contributed by atoms with van der Waals surface area (Å²) in [7, 11) is 1.56. The lowest BCUT2D eigenvalue weighted by Gasteiger charge is -2.23. The number of benzene rings is 2. The number of rotatable bonds is 4. The Morgan fingerprint density at radius 1 is 1.14 bits per heavy atom. The maximum Gasteiger partial charge on any atom is 0.301 e. The molecule has 2 heterocycles. The summed E-state index contributed by atoms with van der Waals surface area (Å²) in [5, 5.41) is 13.1. The average molecular weight is 471 g/mol. The third-order valence-corrected chi connectivity index (χ3v) is 5.92. The van der Waals surface area contributed by atoms with Gasteiger partial charge in [0.1, 0.15) is 11.5 Å². The lowest BCUT2D eigenvalue weighted by atomic mass is 9.95. The molecule has 0 spiro atoms. The van der Waals surface area contributed by atoms with E-state index in [1.165, 1.54) is 16.2 Å². The van der Waals surface area contributed by atoms with Crippen LogP contribution in [0.2, 0.25) is 0 Å². The van der Waals surface area contributed by atoms with Crippen LogP contribution >= 0.6 is 27.3 Å². The van der Waals surface area contributed by atoms with Crippen molar-refractivity contribution in [2.45, 2.75) is 6.04 Å². The molecule has 1 fully saturated rings. The average Bonchev–Trinajstić information content (AvgIpc) is 3.35. The lowest BCUT2D eigenvalue weighted by molar-refractivity contribution is -0.132. The predicted molar refractivity (Wildman–Crippen MR) is 114 cm³/mol. The molecular weight excluding hydrogens is 456 g/mol. The number of amides is 1. The Hall–Kier alpha value is -2.97. The topological polar surface area (TPSA) is 79.7 Å². The van der Waals surface area contributed by atoms with Crippen molar-refractivity contribution < 1.29 is 19.4 Å². The van der Waals surface area contributed by atoms with Crippen molar-refractivity contribution in [3.8, 4) is 5.75 Å². The first-order chi connectivity index (χ1) is 14.0. The first kappa shape index (κ1) is 19.4. The van der Waals surface area contributed by atoms with Crippen LogP contribution < -0.4 is 9.64 Å². The molecule has 6 nitrogen and oxygen atoms in total. The van der Waals surface area contributed by atoms with Crippen molar-refractivity contribution in [1.82, 2.24) is 4.98 Å². The molecule has 0 saturated carbocycles. The number of carbonyl (C=O) groups excluding carboxylic acids is 2. The largest absolute Gasteiger partial charge is 0.507 e. The number of aliphatic hydroxyl groups is 1. The van der Waals surface area contributed by atoms with E-state index in [0.717, 1.165) is 4.47 Å². The van der Waals surface area contributed by atoms with Crippen LogP contribution in [0.25, 0.3) is 5.76 Å². The van der Waals surface area contributed by atoms with E-state index < -0.39 is 17.7 Å². The molecule has 8 heteroatoms. The Morgan fingerprint density at radius 3 is 2.41 bits per heavy atom. The number of ether oxygens (including phenoxy) is 1. The third-order valence-electron chi connectivity index (χ3n) is 4.62. The molecular formula is C21H15BrN2O4S. The molecule has 0 bridgehead atoms.